The third-order valence-corrected chi connectivity index (χ3v) is 5.86. The van der Waals surface area contributed by atoms with E-state index in [1.165, 1.54) is 63.1 Å². The second-order valence-corrected chi connectivity index (χ2v) is 9.41. The fourth-order valence-electron chi connectivity index (χ4n) is 1.67. The molecule has 0 aromatic carbocycles. The van der Waals surface area contributed by atoms with E-state index in [0.29, 0.717) is 0 Å². The maximum Gasteiger partial charge on any atom is 0.319 e. The number of hydrogen-bond acceptors (Lipinski definition) is 4. The van der Waals surface area contributed by atoms with Gasteiger partial charge in [-0.15, -0.1) is 11.8 Å². The van der Waals surface area contributed by atoms with Gasteiger partial charge in [-0.05, 0) is 26.0 Å². The number of thiocarbonyl (C=S) groups is 1. The van der Waals surface area contributed by atoms with E-state index < -0.39 is 10.7 Å². The van der Waals surface area contributed by atoms with Crippen molar-refractivity contribution in [1.82, 2.24) is 0 Å². The fourth-order valence-corrected chi connectivity index (χ4v) is 4.68. The van der Waals surface area contributed by atoms with Crippen molar-refractivity contribution in [1.29, 1.82) is 0 Å². The van der Waals surface area contributed by atoms with Gasteiger partial charge in [0.1, 0.15) is 8.28 Å². The molecule has 0 bridgehead atoms. The maximum absolute atomic E-state index is 11.0. The van der Waals surface area contributed by atoms with E-state index >= 15 is 0 Å². The number of carboxylic acid groups (broad SMARTS) is 1. The van der Waals surface area contributed by atoms with E-state index in [9.17, 15) is 4.79 Å². The number of hydrogen-bond donors (Lipinski definition) is 1. The summed E-state index contributed by atoms with van der Waals surface area (Å²) in [5.41, 5.74) is 0. The van der Waals surface area contributed by atoms with Crippen LogP contribution in [0, 0.1) is 0 Å². The van der Waals surface area contributed by atoms with E-state index in [-0.39, 0.29) is 0 Å². The largest absolute Gasteiger partial charge is 0.480 e. The molecule has 2 nitrogen and oxygen atoms in total. The van der Waals surface area contributed by atoms with Gasteiger partial charge in [-0.25, -0.2) is 0 Å². The summed E-state index contributed by atoms with van der Waals surface area (Å²) in [6, 6.07) is 0. The van der Waals surface area contributed by atoms with E-state index in [0.717, 1.165) is 9.28 Å². The van der Waals surface area contributed by atoms with Crippen molar-refractivity contribution in [3.05, 3.63) is 0 Å². The minimum absolute atomic E-state index is 0.750. The van der Waals surface area contributed by atoms with Crippen molar-refractivity contribution in [2.75, 3.05) is 5.75 Å². The molecule has 0 fully saturated rings. The monoisotopic (exact) mass is 336 g/mol. The van der Waals surface area contributed by atoms with E-state index in [4.69, 9.17) is 17.3 Å². The van der Waals surface area contributed by atoms with Crippen molar-refractivity contribution < 1.29 is 9.90 Å². The molecule has 0 amide bonds. The summed E-state index contributed by atoms with van der Waals surface area (Å²) in [4.78, 5) is 11.0. The Morgan fingerprint density at radius 3 is 2.05 bits per heavy atom. The summed E-state index contributed by atoms with van der Waals surface area (Å²) >= 11 is 8.14. The first-order valence-corrected chi connectivity index (χ1v) is 9.70. The Bertz CT molecular complexity index is 291. The van der Waals surface area contributed by atoms with Gasteiger partial charge in [0.15, 0.2) is 0 Å². The highest BCUT2D eigenvalue weighted by molar-refractivity contribution is 8.47. The van der Waals surface area contributed by atoms with Gasteiger partial charge in [-0.2, -0.15) is 0 Å². The Balaban J connectivity index is 3.47. The molecule has 0 unspecified atom stereocenters. The van der Waals surface area contributed by atoms with E-state index in [1.54, 1.807) is 25.6 Å². The molecule has 0 aliphatic heterocycles. The summed E-state index contributed by atoms with van der Waals surface area (Å²) in [6.07, 6.45) is 10.5. The minimum Gasteiger partial charge on any atom is -0.480 e. The lowest BCUT2D eigenvalue weighted by atomic mass is 10.1. The molecular weight excluding hydrogens is 308 g/mol. The summed E-state index contributed by atoms with van der Waals surface area (Å²) < 4.78 is -0.0658. The number of thioether (sulfide) groups is 2. The number of aliphatic carboxylic acids is 1. The third kappa shape index (κ3) is 11.0. The van der Waals surface area contributed by atoms with Crippen molar-refractivity contribution in [2.45, 2.75) is 76.9 Å². The van der Waals surface area contributed by atoms with Gasteiger partial charge in [0, 0.05) is 0 Å². The lowest BCUT2D eigenvalue weighted by molar-refractivity contribution is -0.138. The summed E-state index contributed by atoms with van der Waals surface area (Å²) in [5.74, 6) is 0.203. The van der Waals surface area contributed by atoms with Crippen LogP contribution >= 0.6 is 35.7 Å². The third-order valence-electron chi connectivity index (χ3n) is 3.07. The molecule has 0 aromatic heterocycles. The molecule has 20 heavy (non-hydrogen) atoms. The average molecular weight is 337 g/mol. The van der Waals surface area contributed by atoms with Crippen LogP contribution in [0.5, 0.6) is 0 Å². The molecule has 0 saturated carbocycles. The van der Waals surface area contributed by atoms with Crippen LogP contribution in [0.15, 0.2) is 0 Å². The molecule has 0 heterocycles. The van der Waals surface area contributed by atoms with Gasteiger partial charge in [-0.3, -0.25) is 4.79 Å². The Morgan fingerprint density at radius 2 is 1.55 bits per heavy atom. The Morgan fingerprint density at radius 1 is 1.05 bits per heavy atom. The highest BCUT2D eigenvalue weighted by atomic mass is 32.2. The van der Waals surface area contributed by atoms with Crippen LogP contribution in [-0.2, 0) is 4.79 Å². The van der Waals surface area contributed by atoms with Gasteiger partial charge >= 0.3 is 5.97 Å². The van der Waals surface area contributed by atoms with Crippen LogP contribution in [0.1, 0.15) is 72.1 Å². The Labute approximate surface area is 137 Å². The molecule has 0 atom stereocenters. The first-order chi connectivity index (χ1) is 9.40. The molecule has 118 valence electrons. The quantitative estimate of drug-likeness (QED) is 0.384. The Hall–Kier alpha value is 0.260. The SMILES string of the molecule is CCCCCCCCCCSC(=S)SC(C)(C)C(=O)O. The van der Waals surface area contributed by atoms with E-state index in [1.807, 2.05) is 0 Å². The topological polar surface area (TPSA) is 37.3 Å². The summed E-state index contributed by atoms with van der Waals surface area (Å²) in [7, 11) is 0. The second kappa shape index (κ2) is 11.9. The van der Waals surface area contributed by atoms with Crippen LogP contribution in [0.4, 0.5) is 0 Å². The predicted molar refractivity (Wildman–Crippen MR) is 97.0 cm³/mol. The fraction of sp³-hybridized carbons (Fsp3) is 0.867. The normalized spacial score (nSPS) is 11.6. The number of unbranched alkanes of at least 4 members (excludes halogenated alkanes) is 7. The number of carboxylic acids is 1. The molecule has 5 heteroatoms. The zero-order chi connectivity index (χ0) is 15.4. The highest BCUT2D eigenvalue weighted by Crippen LogP contribution is 2.31. The van der Waals surface area contributed by atoms with Crippen molar-refractivity contribution in [2.24, 2.45) is 0 Å². The lowest BCUT2D eigenvalue weighted by Gasteiger charge is -2.18. The van der Waals surface area contributed by atoms with Gasteiger partial charge in [0.25, 0.3) is 0 Å². The molecule has 1 N–H and O–H groups in total. The van der Waals surface area contributed by atoms with Crippen LogP contribution < -0.4 is 0 Å². The van der Waals surface area contributed by atoms with Crippen LogP contribution in [0.3, 0.4) is 0 Å². The molecule has 0 saturated heterocycles. The van der Waals surface area contributed by atoms with Crippen LogP contribution in [-0.4, -0.2) is 25.1 Å². The van der Waals surface area contributed by atoms with Gasteiger partial charge in [-0.1, -0.05) is 75.8 Å². The molecule has 0 spiro atoms. The molecule has 0 aliphatic rings. The van der Waals surface area contributed by atoms with Crippen molar-refractivity contribution >= 4 is 45.2 Å². The predicted octanol–water partition coefficient (Wildman–Crippen LogP) is 5.74. The highest BCUT2D eigenvalue weighted by Gasteiger charge is 2.29. The number of rotatable bonds is 11. The first kappa shape index (κ1) is 20.3. The average Bonchev–Trinajstić information content (AvgIpc) is 2.36. The van der Waals surface area contributed by atoms with Crippen molar-refractivity contribution in [3.63, 3.8) is 0 Å². The number of carbonyl (C=O) groups is 1. The van der Waals surface area contributed by atoms with Gasteiger partial charge < -0.3 is 5.11 Å². The second-order valence-electron chi connectivity index (χ2n) is 5.49. The zero-order valence-electron chi connectivity index (χ0n) is 12.9. The zero-order valence-corrected chi connectivity index (χ0v) is 15.4. The Kier molecular flexibility index (Phi) is 12.0. The van der Waals surface area contributed by atoms with Gasteiger partial charge in [0.05, 0.1) is 0 Å². The molecule has 0 aliphatic carbocycles. The van der Waals surface area contributed by atoms with Gasteiger partial charge in [0.2, 0.25) is 0 Å². The molecule has 0 radical (unpaired) electrons. The molecule has 0 rings (SSSR count). The molecule has 0 aromatic rings. The lowest BCUT2D eigenvalue weighted by Crippen LogP contribution is -2.28. The first-order valence-electron chi connectivity index (χ1n) is 7.49. The maximum atomic E-state index is 11.0. The smallest absolute Gasteiger partial charge is 0.319 e. The minimum atomic E-state index is -0.816. The standard InChI is InChI=1S/C15H28O2S3/c1-4-5-6-7-8-9-10-11-12-19-14(18)20-15(2,3)13(16)17/h4-12H2,1-3H3,(H,16,17). The van der Waals surface area contributed by atoms with Crippen LogP contribution in [0.2, 0.25) is 0 Å². The molecular formula is C15H28O2S3. The van der Waals surface area contributed by atoms with E-state index in [2.05, 4.69) is 6.92 Å². The summed E-state index contributed by atoms with van der Waals surface area (Å²) in [5, 5.41) is 9.03. The summed E-state index contributed by atoms with van der Waals surface area (Å²) in [6.45, 7) is 5.64. The van der Waals surface area contributed by atoms with Crippen molar-refractivity contribution in [3.8, 4) is 0 Å². The van der Waals surface area contributed by atoms with Crippen LogP contribution in [0.25, 0.3) is 0 Å².